The van der Waals surface area contributed by atoms with Crippen LogP contribution >= 0.6 is 0 Å². The fourth-order valence-electron chi connectivity index (χ4n) is 9.40. The molecule has 5 rings (SSSR count). The Morgan fingerprint density at radius 3 is 2.42 bits per heavy atom. The first-order valence-corrected chi connectivity index (χ1v) is 13.6. The van der Waals surface area contributed by atoms with Gasteiger partial charge in [-0.05, 0) is 123 Å². The molecule has 33 heavy (non-hydrogen) atoms. The van der Waals surface area contributed by atoms with E-state index in [0.29, 0.717) is 42.9 Å². The van der Waals surface area contributed by atoms with E-state index in [4.69, 9.17) is 0 Å². The predicted octanol–water partition coefficient (Wildman–Crippen LogP) is 7.05. The Kier molecular flexibility index (Phi) is 5.84. The Balaban J connectivity index is 1.30. The van der Waals surface area contributed by atoms with E-state index in [1.165, 1.54) is 24.8 Å². The summed E-state index contributed by atoms with van der Waals surface area (Å²) in [5, 5.41) is 20.8. The van der Waals surface area contributed by atoms with Gasteiger partial charge in [-0.1, -0.05) is 32.4 Å². The molecule has 0 bridgehead atoms. The number of hydrogen-bond donors (Lipinski definition) is 2. The normalized spacial score (nSPS) is 45.9. The summed E-state index contributed by atoms with van der Waals surface area (Å²) >= 11 is 0. The van der Waals surface area contributed by atoms with Gasteiger partial charge in [0.1, 0.15) is 0 Å². The van der Waals surface area contributed by atoms with Crippen molar-refractivity contribution < 1.29 is 23.4 Å². The van der Waals surface area contributed by atoms with E-state index in [-0.39, 0.29) is 29.3 Å². The lowest BCUT2D eigenvalue weighted by atomic mass is 9.47. The molecule has 5 heteroatoms. The van der Waals surface area contributed by atoms with Crippen LogP contribution < -0.4 is 0 Å². The average molecular weight is 469 g/mol. The van der Waals surface area contributed by atoms with Gasteiger partial charge in [0.2, 0.25) is 0 Å². The summed E-state index contributed by atoms with van der Waals surface area (Å²) in [4.78, 5) is 0. The second-order valence-electron chi connectivity index (χ2n) is 13.1. The molecule has 4 fully saturated rings. The highest BCUT2D eigenvalue weighted by atomic mass is 19.4. The molecule has 188 valence electrons. The maximum absolute atomic E-state index is 13.7. The van der Waals surface area contributed by atoms with Crippen molar-refractivity contribution in [3.63, 3.8) is 0 Å². The van der Waals surface area contributed by atoms with E-state index in [1.54, 1.807) is 0 Å². The number of rotatable bonds is 5. The smallest absolute Gasteiger partial charge is 0.393 e. The molecule has 5 aliphatic rings. The largest absolute Gasteiger partial charge is 0.417 e. The van der Waals surface area contributed by atoms with Crippen molar-refractivity contribution >= 4 is 0 Å². The minimum Gasteiger partial charge on any atom is -0.393 e. The molecule has 0 aromatic rings. The van der Waals surface area contributed by atoms with Crippen molar-refractivity contribution in [1.29, 1.82) is 0 Å². The third-order valence-electron chi connectivity index (χ3n) is 11.6. The van der Waals surface area contributed by atoms with Crippen LogP contribution in [0.4, 0.5) is 13.2 Å². The molecule has 0 amide bonds. The Hall–Kier alpha value is -0.550. The predicted molar refractivity (Wildman–Crippen MR) is 123 cm³/mol. The zero-order valence-electron chi connectivity index (χ0n) is 20.6. The van der Waals surface area contributed by atoms with Crippen LogP contribution in [0.2, 0.25) is 0 Å². The summed E-state index contributed by atoms with van der Waals surface area (Å²) in [6, 6.07) is 0. The van der Waals surface area contributed by atoms with Crippen molar-refractivity contribution in [1.82, 2.24) is 0 Å². The highest BCUT2D eigenvalue weighted by Gasteiger charge is 2.62. The molecule has 0 saturated heterocycles. The molecule has 0 radical (unpaired) electrons. The second-order valence-corrected chi connectivity index (χ2v) is 13.1. The minimum atomic E-state index is -4.52. The van der Waals surface area contributed by atoms with Crippen molar-refractivity contribution in [3.8, 4) is 0 Å². The Morgan fingerprint density at radius 2 is 1.76 bits per heavy atom. The average Bonchev–Trinajstić information content (AvgIpc) is 3.53. The van der Waals surface area contributed by atoms with Crippen LogP contribution in [0.3, 0.4) is 0 Å². The van der Waals surface area contributed by atoms with E-state index in [9.17, 15) is 23.4 Å². The number of fused-ring (bicyclic) bond motifs is 5. The molecule has 0 aliphatic heterocycles. The summed E-state index contributed by atoms with van der Waals surface area (Å²) in [6.45, 7) is 7.02. The maximum atomic E-state index is 13.7. The van der Waals surface area contributed by atoms with Gasteiger partial charge in [-0.2, -0.15) is 13.2 Å². The number of aliphatic hydroxyl groups excluding tert-OH is 1. The van der Waals surface area contributed by atoms with E-state index >= 15 is 0 Å². The molecule has 0 heterocycles. The quantitative estimate of drug-likeness (QED) is 0.425. The van der Waals surface area contributed by atoms with Crippen LogP contribution in [0.5, 0.6) is 0 Å². The van der Waals surface area contributed by atoms with Crippen LogP contribution in [0.25, 0.3) is 0 Å². The first-order chi connectivity index (χ1) is 15.4. The summed E-state index contributed by atoms with van der Waals surface area (Å²) < 4.78 is 41.0. The Labute approximate surface area is 197 Å². The van der Waals surface area contributed by atoms with Crippen molar-refractivity contribution in [2.24, 2.45) is 46.3 Å². The third-order valence-corrected chi connectivity index (χ3v) is 11.6. The first-order valence-electron chi connectivity index (χ1n) is 13.6. The summed E-state index contributed by atoms with van der Waals surface area (Å²) in [7, 11) is 0. The third kappa shape index (κ3) is 3.74. The van der Waals surface area contributed by atoms with E-state index in [1.807, 2.05) is 0 Å². The molecule has 0 spiro atoms. The molecule has 0 aromatic heterocycles. The number of alkyl halides is 3. The highest BCUT2D eigenvalue weighted by Crippen LogP contribution is 2.67. The van der Waals surface area contributed by atoms with Crippen LogP contribution in [-0.4, -0.2) is 28.1 Å². The number of hydrogen-bond acceptors (Lipinski definition) is 2. The fraction of sp³-hybridized carbons (Fsp3) is 0.929. The van der Waals surface area contributed by atoms with Crippen LogP contribution in [0, 0.1) is 46.3 Å². The van der Waals surface area contributed by atoms with Gasteiger partial charge < -0.3 is 10.2 Å². The molecule has 0 aromatic carbocycles. The van der Waals surface area contributed by atoms with Crippen LogP contribution in [0.15, 0.2) is 11.6 Å². The van der Waals surface area contributed by atoms with Gasteiger partial charge in [-0.3, -0.25) is 0 Å². The molecule has 5 aliphatic carbocycles. The van der Waals surface area contributed by atoms with Gasteiger partial charge in [0, 0.05) is 0 Å². The van der Waals surface area contributed by atoms with Crippen molar-refractivity contribution in [2.45, 2.75) is 116 Å². The van der Waals surface area contributed by atoms with Gasteiger partial charge in [-0.15, -0.1) is 0 Å². The van der Waals surface area contributed by atoms with E-state index in [0.717, 1.165) is 32.1 Å². The van der Waals surface area contributed by atoms with Crippen molar-refractivity contribution in [2.75, 3.05) is 0 Å². The lowest BCUT2D eigenvalue weighted by Gasteiger charge is -2.58. The zero-order valence-corrected chi connectivity index (χ0v) is 20.6. The number of aliphatic hydroxyl groups is 2. The maximum Gasteiger partial charge on any atom is 0.417 e. The molecule has 2 N–H and O–H groups in total. The van der Waals surface area contributed by atoms with Gasteiger partial charge >= 0.3 is 6.18 Å². The summed E-state index contributed by atoms with van der Waals surface area (Å²) in [5.74, 6) is 2.07. The van der Waals surface area contributed by atoms with Gasteiger partial charge in [-0.25, -0.2) is 0 Å². The SMILES string of the molecule is C[C@H](CC[C@@](O)(C1CC1)C(F)(F)F)[C@H]1CC[C@H]2[C@@H]3CC=C4C[C@@H](O)CC[C@]4(C)[C@H]3CC[C@]12C. The summed E-state index contributed by atoms with van der Waals surface area (Å²) in [5.41, 5.74) is -0.573. The van der Waals surface area contributed by atoms with Gasteiger partial charge in [0.15, 0.2) is 5.60 Å². The molecule has 4 saturated carbocycles. The van der Waals surface area contributed by atoms with Crippen molar-refractivity contribution in [3.05, 3.63) is 11.6 Å². The molecular weight excluding hydrogens is 425 g/mol. The highest BCUT2D eigenvalue weighted by molar-refractivity contribution is 5.25. The second kappa shape index (κ2) is 7.98. The number of allylic oxidation sites excluding steroid dienone is 1. The molecule has 0 unspecified atom stereocenters. The van der Waals surface area contributed by atoms with Crippen LogP contribution in [0.1, 0.15) is 97.8 Å². The van der Waals surface area contributed by atoms with Crippen LogP contribution in [-0.2, 0) is 0 Å². The standard InChI is InChI=1S/C28H43F3O2/c1-17(10-15-27(33,18-4-5-18)28(29,30)31)22-8-9-23-21-7-6-19-16-20(32)11-13-25(19,2)24(21)12-14-26(22,23)3/h6,17-18,20-24,32-33H,4-5,7-16H2,1-3H3/t17-,20+,21+,22-,23+,24+,25+,26-,27-/m1/s1. The minimum absolute atomic E-state index is 0.141. The lowest BCUT2D eigenvalue weighted by molar-refractivity contribution is -0.272. The summed E-state index contributed by atoms with van der Waals surface area (Å²) in [6.07, 6.45) is 7.70. The molecule has 2 nitrogen and oxygen atoms in total. The Morgan fingerprint density at radius 1 is 1.03 bits per heavy atom. The topological polar surface area (TPSA) is 40.5 Å². The lowest BCUT2D eigenvalue weighted by Crippen LogP contribution is -2.51. The Bertz CT molecular complexity index is 789. The van der Waals surface area contributed by atoms with E-state index < -0.39 is 17.7 Å². The first kappa shape index (κ1) is 24.2. The number of halogens is 3. The monoisotopic (exact) mass is 468 g/mol. The van der Waals surface area contributed by atoms with E-state index in [2.05, 4.69) is 26.8 Å². The molecule has 9 atom stereocenters. The van der Waals surface area contributed by atoms with Gasteiger partial charge in [0.25, 0.3) is 0 Å². The van der Waals surface area contributed by atoms with Gasteiger partial charge in [0.05, 0.1) is 6.10 Å². The zero-order chi connectivity index (χ0) is 23.8. The molecular formula is C28H43F3O2. The fourth-order valence-corrected chi connectivity index (χ4v) is 9.40.